The van der Waals surface area contributed by atoms with Crippen molar-refractivity contribution in [3.63, 3.8) is 0 Å². The van der Waals surface area contributed by atoms with Crippen LogP contribution in [0.25, 0.3) is 0 Å². The molecule has 0 amide bonds. The molecule has 0 spiro atoms. The lowest BCUT2D eigenvalue weighted by Crippen LogP contribution is -2.46. The summed E-state index contributed by atoms with van der Waals surface area (Å²) >= 11 is 0. The van der Waals surface area contributed by atoms with E-state index in [9.17, 15) is 14.5 Å². The van der Waals surface area contributed by atoms with Gasteiger partial charge < -0.3 is 10.2 Å². The molecule has 110 valence electrons. The standard InChI is InChI=1S/C14H20FN3O2/c1-2-8-17(12-4-3-7-16-10-12)14-9-11(15)5-6-13(14)18(19)20/h5-6,9,12,16H,2-4,7-8,10H2,1H3. The number of hydrogen-bond acceptors (Lipinski definition) is 4. The van der Waals surface area contributed by atoms with E-state index in [4.69, 9.17) is 0 Å². The fourth-order valence-corrected chi connectivity index (χ4v) is 2.72. The van der Waals surface area contributed by atoms with Crippen molar-refractivity contribution >= 4 is 11.4 Å². The number of nitrogens with zero attached hydrogens (tertiary/aromatic N) is 2. The lowest BCUT2D eigenvalue weighted by Gasteiger charge is -2.36. The molecule has 1 aliphatic rings. The molecule has 5 nitrogen and oxygen atoms in total. The van der Waals surface area contributed by atoms with E-state index < -0.39 is 10.7 Å². The Morgan fingerprint density at radius 2 is 2.35 bits per heavy atom. The van der Waals surface area contributed by atoms with Crippen LogP contribution in [0, 0.1) is 15.9 Å². The second-order valence-corrected chi connectivity index (χ2v) is 5.08. The Labute approximate surface area is 117 Å². The molecular formula is C14H20FN3O2. The van der Waals surface area contributed by atoms with E-state index >= 15 is 0 Å². The van der Waals surface area contributed by atoms with Crippen molar-refractivity contribution in [2.45, 2.75) is 32.2 Å². The first-order valence-corrected chi connectivity index (χ1v) is 7.04. The summed E-state index contributed by atoms with van der Waals surface area (Å²) in [6, 6.07) is 3.86. The van der Waals surface area contributed by atoms with Crippen LogP contribution in [0.5, 0.6) is 0 Å². The third-order valence-corrected chi connectivity index (χ3v) is 3.62. The highest BCUT2D eigenvalue weighted by molar-refractivity contribution is 5.64. The number of benzene rings is 1. The van der Waals surface area contributed by atoms with Gasteiger partial charge in [-0.3, -0.25) is 10.1 Å². The van der Waals surface area contributed by atoms with E-state index in [1.54, 1.807) is 0 Å². The van der Waals surface area contributed by atoms with Crippen molar-refractivity contribution in [1.82, 2.24) is 5.32 Å². The molecule has 0 saturated carbocycles. The molecule has 1 saturated heterocycles. The Kier molecular flexibility index (Phi) is 4.89. The zero-order valence-corrected chi connectivity index (χ0v) is 11.6. The second-order valence-electron chi connectivity index (χ2n) is 5.08. The summed E-state index contributed by atoms with van der Waals surface area (Å²) in [4.78, 5) is 12.7. The number of nitro benzene ring substituents is 1. The summed E-state index contributed by atoms with van der Waals surface area (Å²) in [6.07, 6.45) is 2.87. The van der Waals surface area contributed by atoms with Crippen molar-refractivity contribution in [3.05, 3.63) is 34.1 Å². The number of nitro groups is 1. The maximum absolute atomic E-state index is 13.5. The summed E-state index contributed by atoms with van der Waals surface area (Å²) in [6.45, 7) is 4.47. The number of rotatable bonds is 5. The SMILES string of the molecule is CCCN(c1cc(F)ccc1[N+](=O)[O-])C1CCCNC1. The predicted octanol–water partition coefficient (Wildman–Crippen LogP) is 2.70. The molecule has 1 atom stereocenters. The Morgan fingerprint density at radius 3 is 2.95 bits per heavy atom. The van der Waals surface area contributed by atoms with E-state index in [0.717, 1.165) is 38.4 Å². The van der Waals surface area contributed by atoms with Gasteiger partial charge in [-0.1, -0.05) is 6.92 Å². The molecule has 0 bridgehead atoms. The number of hydrogen-bond donors (Lipinski definition) is 1. The highest BCUT2D eigenvalue weighted by Crippen LogP contribution is 2.31. The van der Waals surface area contributed by atoms with E-state index in [-0.39, 0.29) is 11.7 Å². The average molecular weight is 281 g/mol. The molecule has 1 unspecified atom stereocenters. The van der Waals surface area contributed by atoms with Crippen LogP contribution in [0.2, 0.25) is 0 Å². The molecule has 1 aromatic carbocycles. The van der Waals surface area contributed by atoms with Crippen molar-refractivity contribution in [2.24, 2.45) is 0 Å². The first kappa shape index (κ1) is 14.7. The van der Waals surface area contributed by atoms with Crippen LogP contribution in [-0.2, 0) is 0 Å². The molecule has 0 radical (unpaired) electrons. The van der Waals surface area contributed by atoms with Gasteiger partial charge in [0, 0.05) is 31.3 Å². The molecule has 1 N–H and O–H groups in total. The lowest BCUT2D eigenvalue weighted by atomic mass is 10.0. The van der Waals surface area contributed by atoms with Crippen LogP contribution in [-0.4, -0.2) is 30.6 Å². The van der Waals surface area contributed by atoms with Crippen LogP contribution < -0.4 is 10.2 Å². The van der Waals surface area contributed by atoms with Crippen molar-refractivity contribution < 1.29 is 9.31 Å². The maximum Gasteiger partial charge on any atom is 0.292 e. The minimum absolute atomic E-state index is 0.0228. The molecule has 6 heteroatoms. The Morgan fingerprint density at radius 1 is 1.55 bits per heavy atom. The predicted molar refractivity (Wildman–Crippen MR) is 76.6 cm³/mol. The highest BCUT2D eigenvalue weighted by atomic mass is 19.1. The van der Waals surface area contributed by atoms with Gasteiger partial charge in [-0.15, -0.1) is 0 Å². The minimum atomic E-state index is -0.437. The molecular weight excluding hydrogens is 261 g/mol. The molecule has 0 aromatic heterocycles. The van der Waals surface area contributed by atoms with E-state index in [2.05, 4.69) is 5.32 Å². The summed E-state index contributed by atoms with van der Waals surface area (Å²) < 4.78 is 13.5. The fourth-order valence-electron chi connectivity index (χ4n) is 2.72. The van der Waals surface area contributed by atoms with Crippen LogP contribution in [0.15, 0.2) is 18.2 Å². The van der Waals surface area contributed by atoms with Crippen molar-refractivity contribution in [3.8, 4) is 0 Å². The third kappa shape index (κ3) is 3.25. The van der Waals surface area contributed by atoms with E-state index in [1.807, 2.05) is 11.8 Å². The van der Waals surface area contributed by atoms with Gasteiger partial charge in [0.25, 0.3) is 5.69 Å². The number of halogens is 1. The van der Waals surface area contributed by atoms with Gasteiger partial charge in [-0.05, 0) is 31.9 Å². The van der Waals surface area contributed by atoms with Crippen molar-refractivity contribution in [2.75, 3.05) is 24.5 Å². The van der Waals surface area contributed by atoms with Crippen LogP contribution >= 0.6 is 0 Å². The number of anilines is 1. The molecule has 1 fully saturated rings. The van der Waals surface area contributed by atoms with Crippen LogP contribution in [0.4, 0.5) is 15.8 Å². The van der Waals surface area contributed by atoms with Gasteiger partial charge in [0.05, 0.1) is 4.92 Å². The Bertz CT molecular complexity index is 475. The Hall–Kier alpha value is -1.69. The summed E-state index contributed by atoms with van der Waals surface area (Å²) in [5.74, 6) is -0.435. The molecule has 2 rings (SSSR count). The first-order valence-electron chi connectivity index (χ1n) is 7.04. The van der Waals surface area contributed by atoms with Crippen LogP contribution in [0.1, 0.15) is 26.2 Å². The Balaban J connectivity index is 2.36. The second kappa shape index (κ2) is 6.65. The van der Waals surface area contributed by atoms with Gasteiger partial charge >= 0.3 is 0 Å². The van der Waals surface area contributed by atoms with Gasteiger partial charge in [0.1, 0.15) is 11.5 Å². The highest BCUT2D eigenvalue weighted by Gasteiger charge is 2.26. The van der Waals surface area contributed by atoms with Gasteiger partial charge in [0.15, 0.2) is 0 Å². The fraction of sp³-hybridized carbons (Fsp3) is 0.571. The van der Waals surface area contributed by atoms with E-state index in [1.165, 1.54) is 12.1 Å². The van der Waals surface area contributed by atoms with Crippen molar-refractivity contribution in [1.29, 1.82) is 0 Å². The number of piperidine rings is 1. The largest absolute Gasteiger partial charge is 0.362 e. The molecule has 1 aromatic rings. The third-order valence-electron chi connectivity index (χ3n) is 3.62. The molecule has 0 aliphatic carbocycles. The summed E-state index contributed by atoms with van der Waals surface area (Å²) in [5.41, 5.74) is 0.371. The summed E-state index contributed by atoms with van der Waals surface area (Å²) in [7, 11) is 0. The smallest absolute Gasteiger partial charge is 0.292 e. The molecule has 20 heavy (non-hydrogen) atoms. The lowest BCUT2D eigenvalue weighted by molar-refractivity contribution is -0.384. The summed E-state index contributed by atoms with van der Waals surface area (Å²) in [5, 5.41) is 14.5. The monoisotopic (exact) mass is 281 g/mol. The molecule has 1 heterocycles. The maximum atomic E-state index is 13.5. The zero-order chi connectivity index (χ0) is 14.5. The first-order chi connectivity index (χ1) is 9.63. The van der Waals surface area contributed by atoms with Gasteiger partial charge in [-0.2, -0.15) is 0 Å². The van der Waals surface area contributed by atoms with Gasteiger partial charge in [0.2, 0.25) is 0 Å². The minimum Gasteiger partial charge on any atom is -0.362 e. The average Bonchev–Trinajstić information content (AvgIpc) is 2.45. The molecule has 1 aliphatic heterocycles. The normalized spacial score (nSPS) is 18.8. The quantitative estimate of drug-likeness (QED) is 0.666. The zero-order valence-electron chi connectivity index (χ0n) is 11.6. The van der Waals surface area contributed by atoms with E-state index in [0.29, 0.717) is 12.2 Å². The van der Waals surface area contributed by atoms with Gasteiger partial charge in [-0.25, -0.2) is 4.39 Å². The number of nitrogens with one attached hydrogen (secondary N) is 1. The topological polar surface area (TPSA) is 58.4 Å². The van der Waals surface area contributed by atoms with Crippen LogP contribution in [0.3, 0.4) is 0 Å².